The zero-order valence-corrected chi connectivity index (χ0v) is 29.4. The predicted molar refractivity (Wildman–Crippen MR) is 201 cm³/mol. The van der Waals surface area contributed by atoms with Crippen LogP contribution in [0.3, 0.4) is 0 Å². The summed E-state index contributed by atoms with van der Waals surface area (Å²) in [6.07, 6.45) is -4.58. The van der Waals surface area contributed by atoms with E-state index in [2.05, 4.69) is 6.07 Å². The van der Waals surface area contributed by atoms with Crippen LogP contribution in [0.4, 0.5) is 13.2 Å². The Morgan fingerprint density at radius 2 is 0.943 bits per heavy atom. The molecule has 0 amide bonds. The third kappa shape index (κ3) is 5.44. The first-order valence-corrected chi connectivity index (χ1v) is 16.7. The molecule has 0 saturated heterocycles. The van der Waals surface area contributed by atoms with Crippen molar-refractivity contribution >= 4 is 43.6 Å². The van der Waals surface area contributed by atoms with Crippen LogP contribution in [-0.4, -0.2) is 37.6 Å². The second-order valence-electron chi connectivity index (χ2n) is 12.8. The number of alkyl halides is 3. The molecule has 6 aromatic carbocycles. The minimum Gasteiger partial charge on any atom is -0.497 e. The highest BCUT2D eigenvalue weighted by Gasteiger charge is 2.32. The minimum absolute atomic E-state index is 0.315. The number of nitrogens with zero attached hydrogens (tertiary/aromatic N) is 3. The molecule has 264 valence electrons. The highest BCUT2D eigenvalue weighted by molar-refractivity contribution is 6.12. The van der Waals surface area contributed by atoms with Gasteiger partial charge < -0.3 is 28.1 Å². The summed E-state index contributed by atoms with van der Waals surface area (Å²) in [4.78, 5) is 0. The van der Waals surface area contributed by atoms with Gasteiger partial charge in [0.15, 0.2) is 0 Å². The lowest BCUT2D eigenvalue weighted by atomic mass is 9.96. The Morgan fingerprint density at radius 1 is 0.528 bits per heavy atom. The number of halogens is 3. The summed E-state index contributed by atoms with van der Waals surface area (Å²) in [5.41, 5.74) is 4.96. The van der Waals surface area contributed by atoms with Crippen LogP contribution in [0.2, 0.25) is 0 Å². The normalized spacial score (nSPS) is 11.8. The van der Waals surface area contributed by atoms with Gasteiger partial charge in [-0.15, -0.1) is 0 Å². The average molecular weight is 712 g/mol. The van der Waals surface area contributed by atoms with Crippen LogP contribution in [0.25, 0.3) is 66.1 Å². The summed E-state index contributed by atoms with van der Waals surface area (Å²) in [7, 11) is 6.37. The second kappa shape index (κ2) is 12.6. The highest BCUT2D eigenvalue weighted by atomic mass is 19.4. The molecule has 10 heteroatoms. The molecule has 0 spiro atoms. The molecule has 0 radical (unpaired) electrons. The smallest absolute Gasteiger partial charge is 0.416 e. The van der Waals surface area contributed by atoms with Crippen molar-refractivity contribution in [1.82, 2.24) is 9.13 Å². The van der Waals surface area contributed by atoms with Gasteiger partial charge in [-0.3, -0.25) is 0 Å². The largest absolute Gasteiger partial charge is 0.497 e. The molecule has 0 N–H and O–H groups in total. The summed E-state index contributed by atoms with van der Waals surface area (Å²) in [5.74, 6) is 2.58. The van der Waals surface area contributed by atoms with Gasteiger partial charge in [0.25, 0.3) is 0 Å². The van der Waals surface area contributed by atoms with Crippen LogP contribution >= 0.6 is 0 Å². The molecule has 8 aromatic rings. The molecule has 0 bridgehead atoms. The standard InChI is InChI=1S/C43H32F3N3O4/c1-24-14-25(16-27(15-24)43(44,45)46)32-22-41(48-37-10-6-28(50-2)18-33(37)34-19-29(51-3)7-11-38(34)48)26(23-47)17-42(32)49-39-12-8-30(52-4)20-35(39)36-21-31(53-5)9-13-40(36)49/h6-22H,1-5H3. The van der Waals surface area contributed by atoms with Crippen LogP contribution in [0.1, 0.15) is 16.7 Å². The maximum Gasteiger partial charge on any atom is 0.416 e. The summed E-state index contributed by atoms with van der Waals surface area (Å²) < 4.78 is 69.4. The first-order valence-electron chi connectivity index (χ1n) is 16.7. The molecule has 53 heavy (non-hydrogen) atoms. The Bertz CT molecular complexity index is 2690. The SMILES string of the molecule is COc1ccc2c(c1)c1cc(OC)ccc1n2-c1cc(-c2cc(C)cc(C(F)(F)F)c2)c(-n2c3ccc(OC)cc3c3cc(OC)ccc32)cc1C#N. The first kappa shape index (κ1) is 33.5. The third-order valence-corrected chi connectivity index (χ3v) is 9.79. The molecular formula is C43H32F3N3O4. The number of methoxy groups -OCH3 is 4. The first-order chi connectivity index (χ1) is 25.6. The van der Waals surface area contributed by atoms with Crippen molar-refractivity contribution < 1.29 is 32.1 Å². The van der Waals surface area contributed by atoms with Gasteiger partial charge in [-0.05, 0) is 115 Å². The zero-order chi connectivity index (χ0) is 37.2. The molecule has 0 unspecified atom stereocenters. The summed E-state index contributed by atoms with van der Waals surface area (Å²) in [6, 6.07) is 32.7. The summed E-state index contributed by atoms with van der Waals surface area (Å²) in [5, 5.41) is 14.3. The van der Waals surface area contributed by atoms with Crippen molar-refractivity contribution in [1.29, 1.82) is 5.26 Å². The number of nitriles is 1. The Balaban J connectivity index is 1.53. The Kier molecular flexibility index (Phi) is 7.95. The zero-order valence-electron chi connectivity index (χ0n) is 29.4. The number of rotatable bonds is 7. The van der Waals surface area contributed by atoms with Crippen molar-refractivity contribution in [3.8, 4) is 51.6 Å². The summed E-state index contributed by atoms with van der Waals surface area (Å²) >= 11 is 0. The molecule has 2 heterocycles. The topological polar surface area (TPSA) is 70.6 Å². The molecule has 7 nitrogen and oxygen atoms in total. The van der Waals surface area contributed by atoms with Crippen molar-refractivity contribution in [2.45, 2.75) is 13.1 Å². The van der Waals surface area contributed by atoms with Crippen molar-refractivity contribution in [3.05, 3.63) is 120 Å². The fourth-order valence-electron chi connectivity index (χ4n) is 7.36. The molecule has 0 saturated carbocycles. The second-order valence-corrected chi connectivity index (χ2v) is 12.8. The Hall–Kier alpha value is -6.60. The highest BCUT2D eigenvalue weighted by Crippen LogP contribution is 2.44. The Morgan fingerprint density at radius 3 is 1.32 bits per heavy atom. The van der Waals surface area contributed by atoms with Crippen molar-refractivity contribution in [2.75, 3.05) is 28.4 Å². The molecule has 0 aliphatic heterocycles. The van der Waals surface area contributed by atoms with E-state index in [1.807, 2.05) is 88.0 Å². The van der Waals surface area contributed by atoms with E-state index < -0.39 is 11.7 Å². The van der Waals surface area contributed by atoms with Crippen LogP contribution in [0.5, 0.6) is 23.0 Å². The van der Waals surface area contributed by atoms with Gasteiger partial charge in [0.1, 0.15) is 29.1 Å². The lowest BCUT2D eigenvalue weighted by molar-refractivity contribution is -0.137. The lowest BCUT2D eigenvalue weighted by Crippen LogP contribution is -2.07. The van der Waals surface area contributed by atoms with Crippen LogP contribution in [-0.2, 0) is 6.18 Å². The van der Waals surface area contributed by atoms with Crippen LogP contribution in [0.15, 0.2) is 103 Å². The van der Waals surface area contributed by atoms with Gasteiger partial charge in [-0.1, -0.05) is 6.07 Å². The van der Waals surface area contributed by atoms with E-state index in [0.717, 1.165) is 49.7 Å². The van der Waals surface area contributed by atoms with Crippen molar-refractivity contribution in [2.24, 2.45) is 0 Å². The fraction of sp³-hybridized carbons (Fsp3) is 0.140. The summed E-state index contributed by atoms with van der Waals surface area (Å²) in [6.45, 7) is 1.65. The molecule has 0 aliphatic rings. The van der Waals surface area contributed by atoms with Gasteiger partial charge in [-0.25, -0.2) is 0 Å². The third-order valence-electron chi connectivity index (χ3n) is 9.79. The molecular weight excluding hydrogens is 679 g/mol. The van der Waals surface area contributed by atoms with E-state index in [-0.39, 0.29) is 0 Å². The van der Waals surface area contributed by atoms with E-state index in [9.17, 15) is 18.4 Å². The van der Waals surface area contributed by atoms with Gasteiger partial charge in [0.05, 0.1) is 73.0 Å². The fourth-order valence-corrected chi connectivity index (χ4v) is 7.36. The molecule has 8 rings (SSSR count). The number of aryl methyl sites for hydroxylation is 1. The van der Waals surface area contributed by atoms with Gasteiger partial charge in [0.2, 0.25) is 0 Å². The van der Waals surface area contributed by atoms with E-state index in [4.69, 9.17) is 18.9 Å². The monoisotopic (exact) mass is 711 g/mol. The van der Waals surface area contributed by atoms with E-state index >= 15 is 0 Å². The predicted octanol–water partition coefficient (Wildman–Crippen LogP) is 10.8. The number of hydrogen-bond donors (Lipinski definition) is 0. The number of hydrogen-bond acceptors (Lipinski definition) is 5. The van der Waals surface area contributed by atoms with Crippen molar-refractivity contribution in [3.63, 3.8) is 0 Å². The molecule has 0 aliphatic carbocycles. The maximum absolute atomic E-state index is 14.4. The Labute approximate surface area is 302 Å². The van der Waals surface area contributed by atoms with E-state index in [0.29, 0.717) is 56.6 Å². The van der Waals surface area contributed by atoms with E-state index in [1.54, 1.807) is 47.5 Å². The van der Waals surface area contributed by atoms with Crippen LogP contribution < -0.4 is 18.9 Å². The number of ether oxygens (including phenoxy) is 4. The number of benzene rings is 6. The molecule has 0 fully saturated rings. The lowest BCUT2D eigenvalue weighted by Gasteiger charge is -2.20. The number of aromatic nitrogens is 2. The maximum atomic E-state index is 14.4. The van der Waals surface area contributed by atoms with E-state index in [1.165, 1.54) is 6.07 Å². The van der Waals surface area contributed by atoms with Gasteiger partial charge >= 0.3 is 6.18 Å². The number of fused-ring (bicyclic) bond motifs is 6. The quantitative estimate of drug-likeness (QED) is 0.165. The minimum atomic E-state index is -4.58. The van der Waals surface area contributed by atoms with Gasteiger partial charge in [-0.2, -0.15) is 18.4 Å². The van der Waals surface area contributed by atoms with Crippen LogP contribution in [0, 0.1) is 18.3 Å². The van der Waals surface area contributed by atoms with Gasteiger partial charge in [0, 0.05) is 27.1 Å². The molecule has 0 atom stereocenters. The average Bonchev–Trinajstić information content (AvgIpc) is 3.67. The molecule has 2 aromatic heterocycles.